The SMILES string of the molecule is CC(Oc1ccc(Cl)cc1Cl)C(=O)NCCCN1CCNCC1.Cl. The van der Waals surface area contributed by atoms with Crippen LogP contribution < -0.4 is 15.4 Å². The molecule has 0 bridgehead atoms. The molecule has 1 aliphatic heterocycles. The average Bonchev–Trinajstić information content (AvgIpc) is 2.55. The molecule has 1 saturated heterocycles. The maximum Gasteiger partial charge on any atom is 0.260 e. The number of carbonyl (C=O) groups excluding carboxylic acids is 1. The van der Waals surface area contributed by atoms with Gasteiger partial charge in [0.05, 0.1) is 5.02 Å². The fourth-order valence-corrected chi connectivity index (χ4v) is 2.86. The van der Waals surface area contributed by atoms with Crippen molar-refractivity contribution in [2.75, 3.05) is 39.3 Å². The van der Waals surface area contributed by atoms with Gasteiger partial charge in [-0.1, -0.05) is 23.2 Å². The minimum Gasteiger partial charge on any atom is -0.479 e. The first kappa shape index (κ1) is 21.3. The molecule has 2 N–H and O–H groups in total. The van der Waals surface area contributed by atoms with Crippen LogP contribution in [0.15, 0.2) is 18.2 Å². The third-order valence-corrected chi connectivity index (χ3v) is 4.26. The Hall–Kier alpha value is -0.720. The van der Waals surface area contributed by atoms with Crippen LogP contribution in [0.3, 0.4) is 0 Å². The molecule has 2 rings (SSSR count). The van der Waals surface area contributed by atoms with E-state index in [-0.39, 0.29) is 18.3 Å². The summed E-state index contributed by atoms with van der Waals surface area (Å²) in [5.74, 6) is 0.316. The zero-order valence-electron chi connectivity index (χ0n) is 13.7. The lowest BCUT2D eigenvalue weighted by molar-refractivity contribution is -0.127. The van der Waals surface area contributed by atoms with Crippen molar-refractivity contribution in [3.05, 3.63) is 28.2 Å². The Bertz CT molecular complexity index is 525. The second-order valence-electron chi connectivity index (χ2n) is 5.57. The summed E-state index contributed by atoms with van der Waals surface area (Å²) in [6, 6.07) is 4.94. The molecule has 0 saturated carbocycles. The highest BCUT2D eigenvalue weighted by molar-refractivity contribution is 6.35. The quantitative estimate of drug-likeness (QED) is 0.696. The molecule has 8 heteroatoms. The van der Waals surface area contributed by atoms with Crippen molar-refractivity contribution < 1.29 is 9.53 Å². The molecule has 0 radical (unpaired) electrons. The third-order valence-electron chi connectivity index (χ3n) is 3.73. The van der Waals surface area contributed by atoms with Crippen molar-refractivity contribution >= 4 is 41.5 Å². The number of amides is 1. The molecule has 0 aromatic heterocycles. The van der Waals surface area contributed by atoms with Crippen LogP contribution in [-0.4, -0.2) is 56.2 Å². The highest BCUT2D eigenvalue weighted by Crippen LogP contribution is 2.28. The number of rotatable bonds is 7. The molecule has 1 fully saturated rings. The van der Waals surface area contributed by atoms with Crippen molar-refractivity contribution in [3.63, 3.8) is 0 Å². The van der Waals surface area contributed by atoms with E-state index in [2.05, 4.69) is 15.5 Å². The smallest absolute Gasteiger partial charge is 0.260 e. The topological polar surface area (TPSA) is 53.6 Å². The van der Waals surface area contributed by atoms with E-state index in [1.54, 1.807) is 25.1 Å². The summed E-state index contributed by atoms with van der Waals surface area (Å²) < 4.78 is 5.59. The van der Waals surface area contributed by atoms with Crippen LogP contribution in [0.4, 0.5) is 0 Å². The highest BCUT2D eigenvalue weighted by Gasteiger charge is 2.16. The van der Waals surface area contributed by atoms with Crippen molar-refractivity contribution in [3.8, 4) is 5.75 Å². The third kappa shape index (κ3) is 7.03. The summed E-state index contributed by atoms with van der Waals surface area (Å²) in [4.78, 5) is 14.4. The molecule has 5 nitrogen and oxygen atoms in total. The molecule has 1 unspecified atom stereocenters. The Morgan fingerprint density at radius 3 is 2.75 bits per heavy atom. The van der Waals surface area contributed by atoms with Crippen molar-refractivity contribution in [2.24, 2.45) is 0 Å². The summed E-state index contributed by atoms with van der Waals surface area (Å²) in [7, 11) is 0. The lowest BCUT2D eigenvalue weighted by atomic mass is 10.3. The van der Waals surface area contributed by atoms with Crippen LogP contribution in [0, 0.1) is 0 Å². The fraction of sp³-hybridized carbons (Fsp3) is 0.562. The van der Waals surface area contributed by atoms with E-state index in [0.29, 0.717) is 22.3 Å². The second kappa shape index (κ2) is 11.0. The zero-order chi connectivity index (χ0) is 16.7. The minimum absolute atomic E-state index is 0. The van der Waals surface area contributed by atoms with Gasteiger partial charge in [-0.05, 0) is 38.1 Å². The number of carbonyl (C=O) groups is 1. The summed E-state index contributed by atoms with van der Waals surface area (Å²) in [5.41, 5.74) is 0. The summed E-state index contributed by atoms with van der Waals surface area (Å²) in [5, 5.41) is 7.15. The second-order valence-corrected chi connectivity index (χ2v) is 6.41. The number of nitrogens with zero attached hydrogens (tertiary/aromatic N) is 1. The number of benzene rings is 1. The van der Waals surface area contributed by atoms with Gasteiger partial charge < -0.3 is 20.3 Å². The largest absolute Gasteiger partial charge is 0.479 e. The summed E-state index contributed by atoms with van der Waals surface area (Å²) >= 11 is 11.9. The van der Waals surface area contributed by atoms with Gasteiger partial charge in [-0.3, -0.25) is 4.79 Å². The first-order valence-corrected chi connectivity index (χ1v) is 8.64. The fourth-order valence-electron chi connectivity index (χ4n) is 2.41. The van der Waals surface area contributed by atoms with Crippen molar-refractivity contribution in [1.82, 2.24) is 15.5 Å². The number of hydrogen-bond donors (Lipinski definition) is 2. The number of halogens is 3. The maximum atomic E-state index is 12.0. The number of nitrogens with one attached hydrogen (secondary N) is 2. The lowest BCUT2D eigenvalue weighted by Gasteiger charge is -2.27. The highest BCUT2D eigenvalue weighted by atomic mass is 35.5. The first-order valence-electron chi connectivity index (χ1n) is 7.89. The van der Waals surface area contributed by atoms with Gasteiger partial charge in [-0.15, -0.1) is 12.4 Å². The van der Waals surface area contributed by atoms with E-state index in [1.165, 1.54) is 0 Å². The molecule has 1 heterocycles. The minimum atomic E-state index is -0.604. The molecule has 1 aliphatic rings. The molecule has 1 aromatic rings. The Kier molecular flexibility index (Phi) is 9.78. The molecule has 0 aliphatic carbocycles. The van der Waals surface area contributed by atoms with Gasteiger partial charge >= 0.3 is 0 Å². The van der Waals surface area contributed by atoms with E-state index in [0.717, 1.165) is 39.1 Å². The zero-order valence-corrected chi connectivity index (χ0v) is 16.0. The summed E-state index contributed by atoms with van der Waals surface area (Å²) in [6.07, 6.45) is 0.327. The van der Waals surface area contributed by atoms with Crippen LogP contribution in [0.25, 0.3) is 0 Å². The van der Waals surface area contributed by atoms with E-state index < -0.39 is 6.10 Å². The Labute approximate surface area is 159 Å². The molecule has 1 aromatic carbocycles. The summed E-state index contributed by atoms with van der Waals surface area (Å²) in [6.45, 7) is 7.57. The van der Waals surface area contributed by atoms with Crippen molar-refractivity contribution in [2.45, 2.75) is 19.4 Å². The van der Waals surface area contributed by atoms with Crippen molar-refractivity contribution in [1.29, 1.82) is 0 Å². The Morgan fingerprint density at radius 1 is 1.38 bits per heavy atom. The average molecular weight is 397 g/mol. The Balaban J connectivity index is 0.00000288. The predicted octanol–water partition coefficient (Wildman–Crippen LogP) is 2.59. The normalized spacial score (nSPS) is 16.1. The first-order chi connectivity index (χ1) is 11.1. The standard InChI is InChI=1S/C16H23Cl2N3O2.ClH/c1-12(23-15-4-3-13(17)11-14(15)18)16(22)20-5-2-8-21-9-6-19-7-10-21;/h3-4,11-12,19H,2,5-10H2,1H3,(H,20,22);1H. The van der Waals surface area contributed by atoms with Gasteiger partial charge in [-0.2, -0.15) is 0 Å². The van der Waals surface area contributed by atoms with Gasteiger partial charge in [-0.25, -0.2) is 0 Å². The van der Waals surface area contributed by atoms with Crippen LogP contribution in [-0.2, 0) is 4.79 Å². The number of piperazine rings is 1. The van der Waals surface area contributed by atoms with Gasteiger partial charge in [0.25, 0.3) is 5.91 Å². The van der Waals surface area contributed by atoms with Gasteiger partial charge in [0.15, 0.2) is 6.10 Å². The number of ether oxygens (including phenoxy) is 1. The van der Waals surface area contributed by atoms with Gasteiger partial charge in [0.2, 0.25) is 0 Å². The van der Waals surface area contributed by atoms with Crippen LogP contribution >= 0.6 is 35.6 Å². The van der Waals surface area contributed by atoms with Crippen LogP contribution in [0.2, 0.25) is 10.0 Å². The molecule has 24 heavy (non-hydrogen) atoms. The predicted molar refractivity (Wildman–Crippen MR) is 101 cm³/mol. The van der Waals surface area contributed by atoms with E-state index in [1.807, 2.05) is 0 Å². The monoisotopic (exact) mass is 395 g/mol. The molecule has 1 amide bonds. The van der Waals surface area contributed by atoms with E-state index in [4.69, 9.17) is 27.9 Å². The molecular formula is C16H24Cl3N3O2. The maximum absolute atomic E-state index is 12.0. The molecule has 136 valence electrons. The van der Waals surface area contributed by atoms with E-state index in [9.17, 15) is 4.79 Å². The number of hydrogen-bond acceptors (Lipinski definition) is 4. The molecular weight excluding hydrogens is 373 g/mol. The van der Waals surface area contributed by atoms with Gasteiger partial charge in [0.1, 0.15) is 5.75 Å². The van der Waals surface area contributed by atoms with Crippen LogP contribution in [0.5, 0.6) is 5.75 Å². The Morgan fingerprint density at radius 2 is 2.08 bits per heavy atom. The molecule has 1 atom stereocenters. The van der Waals surface area contributed by atoms with E-state index >= 15 is 0 Å². The lowest BCUT2D eigenvalue weighted by Crippen LogP contribution is -2.44. The van der Waals surface area contributed by atoms with Gasteiger partial charge in [0, 0.05) is 37.7 Å². The van der Waals surface area contributed by atoms with Crippen LogP contribution in [0.1, 0.15) is 13.3 Å². The molecule has 0 spiro atoms.